The highest BCUT2D eigenvalue weighted by Crippen LogP contribution is 2.23. The van der Waals surface area contributed by atoms with E-state index >= 15 is 0 Å². The van der Waals surface area contributed by atoms with E-state index in [9.17, 15) is 0 Å². The van der Waals surface area contributed by atoms with Gasteiger partial charge in [-0.05, 0) is 52.7 Å². The molecule has 1 rings (SSSR count). The van der Waals surface area contributed by atoms with Gasteiger partial charge in [0.1, 0.15) is 0 Å². The first-order valence-electron chi connectivity index (χ1n) is 8.69. The first-order chi connectivity index (χ1) is 11.0. The number of hydrogen-bond acceptors (Lipinski definition) is 4. The van der Waals surface area contributed by atoms with Crippen molar-refractivity contribution in [2.45, 2.75) is 78.4 Å². The summed E-state index contributed by atoms with van der Waals surface area (Å²) in [6.45, 7) is 17.2. The van der Waals surface area contributed by atoms with Gasteiger partial charge >= 0.3 is 0 Å². The Bertz CT molecular complexity index is 444. The zero-order chi connectivity index (χ0) is 18.4. The van der Waals surface area contributed by atoms with Crippen LogP contribution < -0.4 is 0 Å². The molecule has 0 aliphatic carbocycles. The molecule has 0 fully saturated rings. The van der Waals surface area contributed by atoms with Gasteiger partial charge in [-0.25, -0.2) is 19.6 Å². The normalized spacial score (nSPS) is 15.3. The maximum Gasteiger partial charge on any atom is 0.0952 e. The van der Waals surface area contributed by atoms with Crippen molar-refractivity contribution in [1.29, 1.82) is 0 Å². The van der Waals surface area contributed by atoms with E-state index in [1.165, 1.54) is 11.1 Å². The van der Waals surface area contributed by atoms with Gasteiger partial charge in [0.25, 0.3) is 0 Å². The van der Waals surface area contributed by atoms with Crippen LogP contribution in [0.1, 0.15) is 78.4 Å². The molecule has 0 saturated heterocycles. The molecule has 0 bridgehead atoms. The highest BCUT2D eigenvalue weighted by Gasteiger charge is 2.16. The maximum absolute atomic E-state index is 5.37. The Hall–Kier alpha value is -0.940. The summed E-state index contributed by atoms with van der Waals surface area (Å²) in [5.41, 5.74) is 1.88. The molecule has 0 heterocycles. The van der Waals surface area contributed by atoms with E-state index in [2.05, 4.69) is 38.1 Å². The molecule has 4 heteroatoms. The Morgan fingerprint density at radius 1 is 0.750 bits per heavy atom. The fourth-order valence-electron chi connectivity index (χ4n) is 1.99. The molecular weight excluding hydrogens is 304 g/mol. The van der Waals surface area contributed by atoms with Gasteiger partial charge in [-0.1, -0.05) is 38.1 Å². The second kappa shape index (κ2) is 8.95. The largest absolute Gasteiger partial charge is 0.236 e. The smallest absolute Gasteiger partial charge is 0.0952 e. The lowest BCUT2D eigenvalue weighted by molar-refractivity contribution is -0.350. The second-order valence-corrected chi connectivity index (χ2v) is 8.43. The Morgan fingerprint density at radius 2 is 1.12 bits per heavy atom. The van der Waals surface area contributed by atoms with Gasteiger partial charge in [0.2, 0.25) is 0 Å². The molecule has 0 saturated carbocycles. The summed E-state index contributed by atoms with van der Waals surface area (Å²) in [5.74, 6) is 0.512. The second-order valence-electron chi connectivity index (χ2n) is 8.43. The highest BCUT2D eigenvalue weighted by atomic mass is 17.2. The van der Waals surface area contributed by atoms with Crippen molar-refractivity contribution in [2.75, 3.05) is 13.2 Å². The SMILES string of the molecule is CC(COOC(C)(C)C)c1cccc(C(C)COOC(C)(C)C)c1. The van der Waals surface area contributed by atoms with Gasteiger partial charge in [0.15, 0.2) is 0 Å². The third-order valence-electron chi connectivity index (χ3n) is 3.30. The van der Waals surface area contributed by atoms with Crippen LogP contribution in [0.15, 0.2) is 24.3 Å². The minimum atomic E-state index is -0.291. The van der Waals surface area contributed by atoms with Crippen molar-refractivity contribution in [1.82, 2.24) is 0 Å². The quantitative estimate of drug-likeness (QED) is 0.470. The lowest BCUT2D eigenvalue weighted by Gasteiger charge is -2.21. The molecule has 4 nitrogen and oxygen atoms in total. The zero-order valence-corrected chi connectivity index (χ0v) is 16.5. The van der Waals surface area contributed by atoms with Gasteiger partial charge < -0.3 is 0 Å². The van der Waals surface area contributed by atoms with Gasteiger partial charge in [-0.2, -0.15) is 0 Å². The van der Waals surface area contributed by atoms with Crippen molar-refractivity contribution in [3.8, 4) is 0 Å². The number of hydrogen-bond donors (Lipinski definition) is 0. The average molecular weight is 338 g/mol. The van der Waals surface area contributed by atoms with E-state index in [0.29, 0.717) is 13.2 Å². The zero-order valence-electron chi connectivity index (χ0n) is 16.5. The third-order valence-corrected chi connectivity index (χ3v) is 3.30. The first-order valence-corrected chi connectivity index (χ1v) is 8.69. The summed E-state index contributed by atoms with van der Waals surface area (Å²) in [6, 6.07) is 8.52. The van der Waals surface area contributed by atoms with Gasteiger partial charge in [0.05, 0.1) is 24.4 Å². The molecule has 0 amide bonds. The van der Waals surface area contributed by atoms with E-state index in [4.69, 9.17) is 19.6 Å². The minimum Gasteiger partial charge on any atom is -0.236 e. The van der Waals surface area contributed by atoms with E-state index in [-0.39, 0.29) is 23.0 Å². The van der Waals surface area contributed by atoms with E-state index < -0.39 is 0 Å². The van der Waals surface area contributed by atoms with Gasteiger partial charge in [-0.15, -0.1) is 0 Å². The minimum absolute atomic E-state index is 0.256. The van der Waals surface area contributed by atoms with Crippen LogP contribution in [-0.2, 0) is 19.6 Å². The summed E-state index contributed by atoms with van der Waals surface area (Å²) in [7, 11) is 0. The van der Waals surface area contributed by atoms with Crippen LogP contribution in [0.5, 0.6) is 0 Å². The van der Waals surface area contributed by atoms with Gasteiger partial charge in [0, 0.05) is 11.8 Å². The van der Waals surface area contributed by atoms with Crippen molar-refractivity contribution in [2.24, 2.45) is 0 Å². The standard InChI is InChI=1S/C20H34O4/c1-15(13-21-23-19(3,4)5)17-10-9-11-18(12-17)16(2)14-22-24-20(6,7)8/h9-12,15-16H,13-14H2,1-8H3. The monoisotopic (exact) mass is 338 g/mol. The van der Waals surface area contributed by atoms with Crippen molar-refractivity contribution < 1.29 is 19.6 Å². The third kappa shape index (κ3) is 8.78. The molecule has 0 aliphatic rings. The number of benzene rings is 1. The maximum atomic E-state index is 5.37. The molecule has 2 unspecified atom stereocenters. The van der Waals surface area contributed by atoms with Crippen LogP contribution in [0, 0.1) is 0 Å². The fourth-order valence-corrected chi connectivity index (χ4v) is 1.99. The Labute approximate surface area is 147 Å². The topological polar surface area (TPSA) is 36.9 Å². The van der Waals surface area contributed by atoms with Crippen LogP contribution in [0.3, 0.4) is 0 Å². The van der Waals surface area contributed by atoms with E-state index in [1.807, 2.05) is 41.5 Å². The first kappa shape index (κ1) is 21.1. The van der Waals surface area contributed by atoms with Crippen LogP contribution in [-0.4, -0.2) is 24.4 Å². The molecule has 0 radical (unpaired) electrons. The average Bonchev–Trinajstić information content (AvgIpc) is 2.44. The Morgan fingerprint density at radius 3 is 1.46 bits per heavy atom. The summed E-state index contributed by atoms with van der Waals surface area (Å²) in [5, 5.41) is 0. The highest BCUT2D eigenvalue weighted by molar-refractivity contribution is 5.28. The molecule has 1 aromatic rings. The molecule has 0 spiro atoms. The molecule has 138 valence electrons. The molecule has 2 atom stereocenters. The van der Waals surface area contributed by atoms with Crippen molar-refractivity contribution >= 4 is 0 Å². The lowest BCUT2D eigenvalue weighted by Crippen LogP contribution is -2.21. The predicted molar refractivity (Wildman–Crippen MR) is 96.9 cm³/mol. The van der Waals surface area contributed by atoms with Crippen LogP contribution >= 0.6 is 0 Å². The summed E-state index contributed by atoms with van der Waals surface area (Å²) in [6.07, 6.45) is 0. The predicted octanol–water partition coefficient (Wildman–Crippen LogP) is 5.39. The molecular formula is C20H34O4. The molecule has 1 aromatic carbocycles. The summed E-state index contributed by atoms with van der Waals surface area (Å²) < 4.78 is 0. The van der Waals surface area contributed by atoms with Crippen LogP contribution in [0.4, 0.5) is 0 Å². The molecule has 0 aromatic heterocycles. The van der Waals surface area contributed by atoms with Crippen LogP contribution in [0.2, 0.25) is 0 Å². The van der Waals surface area contributed by atoms with E-state index in [1.54, 1.807) is 0 Å². The molecule has 0 aliphatic heterocycles. The Balaban J connectivity index is 2.55. The Kier molecular flexibility index (Phi) is 7.87. The lowest BCUT2D eigenvalue weighted by atomic mass is 9.95. The van der Waals surface area contributed by atoms with Crippen molar-refractivity contribution in [3.63, 3.8) is 0 Å². The number of rotatable bonds is 8. The molecule has 24 heavy (non-hydrogen) atoms. The van der Waals surface area contributed by atoms with Gasteiger partial charge in [-0.3, -0.25) is 0 Å². The van der Waals surface area contributed by atoms with E-state index in [0.717, 1.165) is 0 Å². The summed E-state index contributed by atoms with van der Waals surface area (Å²) in [4.78, 5) is 21.4. The van der Waals surface area contributed by atoms with Crippen molar-refractivity contribution in [3.05, 3.63) is 35.4 Å². The molecule has 0 N–H and O–H groups in total. The van der Waals surface area contributed by atoms with Crippen LogP contribution in [0.25, 0.3) is 0 Å². The summed E-state index contributed by atoms with van der Waals surface area (Å²) >= 11 is 0. The fraction of sp³-hybridized carbons (Fsp3) is 0.700.